The molecule has 4 nitrogen and oxygen atoms in total. The summed E-state index contributed by atoms with van der Waals surface area (Å²) in [6, 6.07) is 20.7. The van der Waals surface area contributed by atoms with Crippen molar-refractivity contribution in [2.75, 3.05) is 6.61 Å². The highest BCUT2D eigenvalue weighted by atomic mass is 16.5. The first-order valence-corrected chi connectivity index (χ1v) is 10.6. The third kappa shape index (κ3) is 4.70. The summed E-state index contributed by atoms with van der Waals surface area (Å²) in [6.07, 6.45) is 3.80. The van der Waals surface area contributed by atoms with Crippen LogP contribution < -0.4 is 4.74 Å². The number of carboxylic acids is 1. The molecule has 0 spiro atoms. The molecule has 2 aromatic carbocycles. The average Bonchev–Trinajstić information content (AvgIpc) is 3.15. The van der Waals surface area contributed by atoms with Crippen molar-refractivity contribution in [1.29, 1.82) is 0 Å². The summed E-state index contributed by atoms with van der Waals surface area (Å²) in [5, 5.41) is 9.06. The fraction of sp³-hybridized carbons (Fsp3) is 0.308. The second kappa shape index (κ2) is 9.12. The summed E-state index contributed by atoms with van der Waals surface area (Å²) in [5.74, 6) is 0.241. The molecule has 0 amide bonds. The number of benzene rings is 2. The molecule has 30 heavy (non-hydrogen) atoms. The zero-order valence-electron chi connectivity index (χ0n) is 17.3. The topological polar surface area (TPSA) is 59.4 Å². The molecule has 4 rings (SSSR count). The van der Waals surface area contributed by atoms with E-state index in [9.17, 15) is 4.79 Å². The summed E-state index contributed by atoms with van der Waals surface area (Å²) >= 11 is 0. The maximum atomic E-state index is 11.0. The second-order valence-electron chi connectivity index (χ2n) is 7.86. The largest absolute Gasteiger partial charge is 0.493 e. The van der Waals surface area contributed by atoms with Gasteiger partial charge < -0.3 is 9.84 Å². The molecule has 1 heterocycles. The van der Waals surface area contributed by atoms with E-state index in [1.165, 1.54) is 11.1 Å². The molecule has 0 aliphatic heterocycles. The maximum absolute atomic E-state index is 11.0. The number of fused-ring (bicyclic) bond motifs is 1. The minimum absolute atomic E-state index is 0.130. The van der Waals surface area contributed by atoms with E-state index in [2.05, 4.69) is 37.3 Å². The number of ether oxygens (including phenoxy) is 1. The lowest BCUT2D eigenvalue weighted by Crippen LogP contribution is -2.04. The Hall–Kier alpha value is -3.14. The van der Waals surface area contributed by atoms with Gasteiger partial charge in [-0.25, -0.2) is 0 Å². The third-order valence-corrected chi connectivity index (χ3v) is 5.83. The summed E-state index contributed by atoms with van der Waals surface area (Å²) in [4.78, 5) is 15.8. The molecule has 0 unspecified atom stereocenters. The van der Waals surface area contributed by atoms with Crippen LogP contribution in [0.15, 0.2) is 60.7 Å². The molecule has 1 aliphatic carbocycles. The summed E-state index contributed by atoms with van der Waals surface area (Å²) < 4.78 is 5.97. The van der Waals surface area contributed by atoms with Gasteiger partial charge in [0.25, 0.3) is 0 Å². The van der Waals surface area contributed by atoms with E-state index in [-0.39, 0.29) is 12.3 Å². The van der Waals surface area contributed by atoms with Gasteiger partial charge in [-0.1, -0.05) is 43.3 Å². The van der Waals surface area contributed by atoms with E-state index in [1.807, 2.05) is 30.3 Å². The molecule has 1 aliphatic rings. The number of pyridine rings is 1. The van der Waals surface area contributed by atoms with Crippen LogP contribution >= 0.6 is 0 Å². The molecule has 154 valence electrons. The van der Waals surface area contributed by atoms with Crippen LogP contribution in [-0.2, 0) is 24.1 Å². The number of carbonyl (C=O) groups is 1. The second-order valence-corrected chi connectivity index (χ2v) is 7.86. The van der Waals surface area contributed by atoms with Crippen molar-refractivity contribution in [3.8, 4) is 17.0 Å². The van der Waals surface area contributed by atoms with Crippen LogP contribution in [0.4, 0.5) is 0 Å². The van der Waals surface area contributed by atoms with Crippen molar-refractivity contribution in [2.24, 2.45) is 0 Å². The Morgan fingerprint density at radius 2 is 1.97 bits per heavy atom. The monoisotopic (exact) mass is 401 g/mol. The molecule has 0 saturated heterocycles. The lowest BCUT2D eigenvalue weighted by molar-refractivity contribution is -0.137. The summed E-state index contributed by atoms with van der Waals surface area (Å²) in [7, 11) is 0. The molecule has 0 radical (unpaired) electrons. The summed E-state index contributed by atoms with van der Waals surface area (Å²) in [6.45, 7) is 2.71. The van der Waals surface area contributed by atoms with Crippen molar-refractivity contribution < 1.29 is 14.6 Å². The predicted molar refractivity (Wildman–Crippen MR) is 118 cm³/mol. The van der Waals surface area contributed by atoms with E-state index < -0.39 is 5.97 Å². The number of carboxylic acid groups (broad SMARTS) is 1. The molecule has 1 atom stereocenters. The molecule has 0 bridgehead atoms. The zero-order valence-corrected chi connectivity index (χ0v) is 17.3. The van der Waals surface area contributed by atoms with Crippen molar-refractivity contribution in [3.63, 3.8) is 0 Å². The first-order valence-electron chi connectivity index (χ1n) is 10.6. The van der Waals surface area contributed by atoms with Crippen LogP contribution in [0, 0.1) is 0 Å². The Morgan fingerprint density at radius 1 is 1.13 bits per heavy atom. The number of rotatable bonds is 8. The van der Waals surface area contributed by atoms with Crippen LogP contribution in [0.25, 0.3) is 11.3 Å². The van der Waals surface area contributed by atoms with Crippen molar-refractivity contribution in [1.82, 2.24) is 4.98 Å². The fourth-order valence-corrected chi connectivity index (χ4v) is 4.16. The standard InChI is InChI=1S/C26H27NO3/c1-2-18-6-8-19(9-7-18)25-5-3-4-22(27-25)14-15-30-23-12-13-24-20(16-23)10-11-21(24)17-26(28)29/h3-9,12-13,16,21H,2,10-11,14-15,17H2,1H3,(H,28,29)/t21-/m0/s1. The number of aryl methyl sites for hydroxylation is 2. The minimum atomic E-state index is -0.732. The highest BCUT2D eigenvalue weighted by Gasteiger charge is 2.24. The minimum Gasteiger partial charge on any atom is -0.493 e. The number of aromatic nitrogens is 1. The third-order valence-electron chi connectivity index (χ3n) is 5.83. The number of hydrogen-bond acceptors (Lipinski definition) is 3. The molecular weight excluding hydrogens is 374 g/mol. The van der Waals surface area contributed by atoms with Crippen molar-refractivity contribution in [2.45, 2.75) is 44.9 Å². The first-order chi connectivity index (χ1) is 14.6. The van der Waals surface area contributed by atoms with Crippen LogP contribution in [0.5, 0.6) is 5.75 Å². The fourth-order valence-electron chi connectivity index (χ4n) is 4.16. The SMILES string of the molecule is CCc1ccc(-c2cccc(CCOc3ccc4c(c3)CC[C@H]4CC(=O)O)n2)cc1. The number of hydrogen-bond donors (Lipinski definition) is 1. The Labute approximate surface area is 177 Å². The van der Waals surface area contributed by atoms with Gasteiger partial charge >= 0.3 is 5.97 Å². The van der Waals surface area contributed by atoms with Gasteiger partial charge in [-0.15, -0.1) is 0 Å². The highest BCUT2D eigenvalue weighted by molar-refractivity contribution is 5.68. The molecule has 3 aromatic rings. The van der Waals surface area contributed by atoms with Crippen molar-refractivity contribution in [3.05, 3.63) is 83.0 Å². The van der Waals surface area contributed by atoms with Gasteiger partial charge in [-0.3, -0.25) is 9.78 Å². The Balaban J connectivity index is 1.36. The maximum Gasteiger partial charge on any atom is 0.303 e. The molecular formula is C26H27NO3. The molecule has 1 aromatic heterocycles. The van der Waals surface area contributed by atoms with Gasteiger partial charge in [0.05, 0.1) is 18.7 Å². The van der Waals surface area contributed by atoms with E-state index in [1.54, 1.807) is 0 Å². The Bertz CT molecular complexity index is 1030. The van der Waals surface area contributed by atoms with Gasteiger partial charge in [0.2, 0.25) is 0 Å². The first kappa shape index (κ1) is 20.1. The molecule has 1 N–H and O–H groups in total. The van der Waals surface area contributed by atoms with Gasteiger partial charge in [-0.05, 0) is 66.1 Å². The van der Waals surface area contributed by atoms with Crippen LogP contribution in [0.1, 0.15) is 48.1 Å². The summed E-state index contributed by atoms with van der Waals surface area (Å²) in [5.41, 5.74) is 6.82. The van der Waals surface area contributed by atoms with E-state index in [0.29, 0.717) is 6.61 Å². The average molecular weight is 402 g/mol. The van der Waals surface area contributed by atoms with E-state index in [4.69, 9.17) is 14.8 Å². The van der Waals surface area contributed by atoms with Gasteiger partial charge in [0.15, 0.2) is 0 Å². The molecule has 0 saturated carbocycles. The quantitative estimate of drug-likeness (QED) is 0.546. The van der Waals surface area contributed by atoms with E-state index >= 15 is 0 Å². The van der Waals surface area contributed by atoms with Gasteiger partial charge in [-0.2, -0.15) is 0 Å². The van der Waals surface area contributed by atoms with Crippen LogP contribution in [0.2, 0.25) is 0 Å². The highest BCUT2D eigenvalue weighted by Crippen LogP contribution is 2.37. The van der Waals surface area contributed by atoms with Gasteiger partial charge in [0.1, 0.15) is 5.75 Å². The Morgan fingerprint density at radius 3 is 2.73 bits per heavy atom. The predicted octanol–water partition coefficient (Wildman–Crippen LogP) is 5.44. The normalized spacial score (nSPS) is 15.0. The number of nitrogens with zero attached hydrogens (tertiary/aromatic N) is 1. The van der Waals surface area contributed by atoms with Crippen LogP contribution in [-0.4, -0.2) is 22.7 Å². The molecule has 4 heteroatoms. The lowest BCUT2D eigenvalue weighted by atomic mass is 9.98. The van der Waals surface area contributed by atoms with E-state index in [0.717, 1.165) is 53.9 Å². The number of aliphatic carboxylic acids is 1. The van der Waals surface area contributed by atoms with Crippen LogP contribution in [0.3, 0.4) is 0 Å². The molecule has 0 fully saturated rings. The smallest absolute Gasteiger partial charge is 0.303 e. The lowest BCUT2D eigenvalue weighted by Gasteiger charge is -2.11. The Kier molecular flexibility index (Phi) is 6.12. The zero-order chi connectivity index (χ0) is 20.9. The van der Waals surface area contributed by atoms with Crippen molar-refractivity contribution >= 4 is 5.97 Å². The van der Waals surface area contributed by atoms with Gasteiger partial charge in [0, 0.05) is 17.7 Å².